The zero-order valence-corrected chi connectivity index (χ0v) is 12.7. The largest absolute Gasteiger partial charge is 0.496 e. The number of hydrogen-bond donors (Lipinski definition) is 0. The van der Waals surface area contributed by atoms with Gasteiger partial charge in [-0.25, -0.2) is 0 Å². The van der Waals surface area contributed by atoms with E-state index in [1.165, 1.54) is 5.56 Å². The maximum absolute atomic E-state index is 12.8. The molecule has 0 aliphatic carbocycles. The van der Waals surface area contributed by atoms with Crippen molar-refractivity contribution in [2.24, 2.45) is 0 Å². The summed E-state index contributed by atoms with van der Waals surface area (Å²) in [6.07, 6.45) is 3.41. The molecule has 0 atom stereocenters. The number of amides is 1. The number of hydrogen-bond acceptors (Lipinski definition) is 2. The Morgan fingerprint density at radius 2 is 2.14 bits per heavy atom. The van der Waals surface area contributed by atoms with Gasteiger partial charge in [-0.1, -0.05) is 24.3 Å². The smallest absolute Gasteiger partial charge is 0.258 e. The van der Waals surface area contributed by atoms with E-state index in [0.717, 1.165) is 30.0 Å². The van der Waals surface area contributed by atoms with Gasteiger partial charge in [0.25, 0.3) is 5.91 Å². The van der Waals surface area contributed by atoms with Crippen molar-refractivity contribution in [2.45, 2.75) is 12.8 Å². The Morgan fingerprint density at radius 1 is 1.32 bits per heavy atom. The monoisotopic (exact) mass is 293 g/mol. The van der Waals surface area contributed by atoms with Crippen molar-refractivity contribution < 1.29 is 9.53 Å². The van der Waals surface area contributed by atoms with Crippen molar-refractivity contribution in [1.82, 2.24) is 0 Å². The molecule has 2 aromatic carbocycles. The maximum Gasteiger partial charge on any atom is 0.258 e. The number of fused-ring (bicyclic) bond motifs is 1. The Hall–Kier alpha value is -2.55. The minimum Gasteiger partial charge on any atom is -0.496 e. The number of carbonyl (C=O) groups is 1. The van der Waals surface area contributed by atoms with Gasteiger partial charge in [-0.15, -0.1) is 6.58 Å². The van der Waals surface area contributed by atoms with E-state index >= 15 is 0 Å². The highest BCUT2D eigenvalue weighted by atomic mass is 16.5. The third-order valence-electron chi connectivity index (χ3n) is 4.02. The molecule has 0 bridgehead atoms. The number of methoxy groups -OCH3 is 1. The summed E-state index contributed by atoms with van der Waals surface area (Å²) in [5, 5.41) is 0. The number of para-hydroxylation sites is 1. The second-order valence-electron chi connectivity index (χ2n) is 5.35. The van der Waals surface area contributed by atoms with Gasteiger partial charge in [0.1, 0.15) is 5.75 Å². The molecule has 3 heteroatoms. The summed E-state index contributed by atoms with van der Waals surface area (Å²) >= 11 is 0. The zero-order chi connectivity index (χ0) is 15.5. The second kappa shape index (κ2) is 6.06. The van der Waals surface area contributed by atoms with Gasteiger partial charge in [-0.3, -0.25) is 4.79 Å². The van der Waals surface area contributed by atoms with Gasteiger partial charge in [0, 0.05) is 17.8 Å². The number of anilines is 1. The molecule has 22 heavy (non-hydrogen) atoms. The van der Waals surface area contributed by atoms with Crippen molar-refractivity contribution >= 4 is 11.6 Å². The normalized spacial score (nSPS) is 12.9. The van der Waals surface area contributed by atoms with E-state index in [0.29, 0.717) is 12.0 Å². The predicted octanol–water partition coefficient (Wildman–Crippen LogP) is 3.63. The first kappa shape index (κ1) is 14.4. The summed E-state index contributed by atoms with van der Waals surface area (Å²) < 4.78 is 5.34. The first-order valence-electron chi connectivity index (χ1n) is 7.42. The second-order valence-corrected chi connectivity index (χ2v) is 5.35. The zero-order valence-electron chi connectivity index (χ0n) is 12.7. The Kier molecular flexibility index (Phi) is 3.96. The molecule has 112 valence electrons. The highest BCUT2D eigenvalue weighted by Gasteiger charge is 2.25. The van der Waals surface area contributed by atoms with Crippen LogP contribution in [0.25, 0.3) is 0 Å². The van der Waals surface area contributed by atoms with Crippen LogP contribution in [0.5, 0.6) is 5.75 Å². The van der Waals surface area contributed by atoms with Crippen molar-refractivity contribution in [3.05, 3.63) is 71.8 Å². The number of ether oxygens (including phenoxy) is 1. The van der Waals surface area contributed by atoms with Crippen molar-refractivity contribution in [3.63, 3.8) is 0 Å². The van der Waals surface area contributed by atoms with Crippen LogP contribution < -0.4 is 9.64 Å². The van der Waals surface area contributed by atoms with Crippen LogP contribution in [0, 0.1) is 0 Å². The van der Waals surface area contributed by atoms with E-state index in [2.05, 4.69) is 12.6 Å². The molecule has 3 rings (SSSR count). The van der Waals surface area contributed by atoms with Crippen LogP contribution in [0.2, 0.25) is 0 Å². The van der Waals surface area contributed by atoms with Crippen LogP contribution >= 0.6 is 0 Å². The van der Waals surface area contributed by atoms with E-state index in [-0.39, 0.29) is 5.91 Å². The quantitative estimate of drug-likeness (QED) is 0.806. The fraction of sp³-hybridized carbons (Fsp3) is 0.211. The Labute approximate surface area is 130 Å². The Balaban J connectivity index is 1.93. The number of benzene rings is 2. The summed E-state index contributed by atoms with van der Waals surface area (Å²) in [5.74, 6) is 0.830. The molecular weight excluding hydrogens is 274 g/mol. The van der Waals surface area contributed by atoms with Crippen molar-refractivity contribution in [1.29, 1.82) is 0 Å². The number of carbonyl (C=O) groups excluding carboxylic acids is 1. The first-order chi connectivity index (χ1) is 10.7. The van der Waals surface area contributed by atoms with Crippen molar-refractivity contribution in [2.75, 3.05) is 18.6 Å². The predicted molar refractivity (Wildman–Crippen MR) is 88.7 cm³/mol. The molecule has 0 aromatic heterocycles. The van der Waals surface area contributed by atoms with Gasteiger partial charge < -0.3 is 9.64 Å². The molecule has 0 spiro atoms. The highest BCUT2D eigenvalue weighted by molar-refractivity contribution is 6.07. The topological polar surface area (TPSA) is 29.5 Å². The van der Waals surface area contributed by atoms with Gasteiger partial charge in [0.15, 0.2) is 0 Å². The number of nitrogens with zero attached hydrogens (tertiary/aromatic N) is 1. The Morgan fingerprint density at radius 3 is 2.91 bits per heavy atom. The average molecular weight is 293 g/mol. The molecular formula is C19H19NO2. The summed E-state index contributed by atoms with van der Waals surface area (Å²) in [4.78, 5) is 14.7. The summed E-state index contributed by atoms with van der Waals surface area (Å²) in [6, 6.07) is 13.7. The lowest BCUT2D eigenvalue weighted by Crippen LogP contribution is -2.28. The molecule has 1 aliphatic rings. The molecule has 0 radical (unpaired) electrons. The SMILES string of the molecule is C=CCc1cc(C(=O)N2CCc3ccccc32)ccc1OC. The lowest BCUT2D eigenvalue weighted by molar-refractivity contribution is 0.0989. The minimum atomic E-state index is 0.0397. The van der Waals surface area contributed by atoms with Crippen LogP contribution in [0.15, 0.2) is 55.1 Å². The molecule has 0 saturated carbocycles. The molecule has 1 heterocycles. The number of rotatable bonds is 4. The van der Waals surface area contributed by atoms with Crippen LogP contribution in [0.1, 0.15) is 21.5 Å². The van der Waals surface area contributed by atoms with E-state index in [1.54, 1.807) is 7.11 Å². The van der Waals surface area contributed by atoms with Crippen LogP contribution in [0.4, 0.5) is 5.69 Å². The van der Waals surface area contributed by atoms with Crippen LogP contribution in [0.3, 0.4) is 0 Å². The number of allylic oxidation sites excluding steroid dienone is 1. The molecule has 0 fully saturated rings. The van der Waals surface area contributed by atoms with E-state index in [9.17, 15) is 4.79 Å². The minimum absolute atomic E-state index is 0.0397. The summed E-state index contributed by atoms with van der Waals surface area (Å²) in [7, 11) is 1.64. The van der Waals surface area contributed by atoms with Crippen LogP contribution in [-0.4, -0.2) is 19.6 Å². The molecule has 3 nitrogen and oxygen atoms in total. The summed E-state index contributed by atoms with van der Waals surface area (Å²) in [6.45, 7) is 4.50. The van der Waals surface area contributed by atoms with Gasteiger partial charge in [-0.2, -0.15) is 0 Å². The molecule has 0 unspecified atom stereocenters. The first-order valence-corrected chi connectivity index (χ1v) is 7.42. The molecule has 0 N–H and O–H groups in total. The van der Waals surface area contributed by atoms with E-state index in [1.807, 2.05) is 47.4 Å². The van der Waals surface area contributed by atoms with Crippen LogP contribution in [-0.2, 0) is 12.8 Å². The van der Waals surface area contributed by atoms with E-state index < -0.39 is 0 Å². The van der Waals surface area contributed by atoms with Gasteiger partial charge in [0.2, 0.25) is 0 Å². The molecule has 1 amide bonds. The standard InChI is InChI=1S/C19H19NO2/c1-3-6-15-13-16(9-10-18(15)22-2)19(21)20-12-11-14-7-4-5-8-17(14)20/h3-5,7-10,13H,1,6,11-12H2,2H3. The lowest BCUT2D eigenvalue weighted by atomic mass is 10.1. The fourth-order valence-electron chi connectivity index (χ4n) is 2.93. The third kappa shape index (κ3) is 2.50. The van der Waals surface area contributed by atoms with Gasteiger partial charge >= 0.3 is 0 Å². The Bertz CT molecular complexity index is 721. The van der Waals surface area contributed by atoms with Gasteiger partial charge in [0.05, 0.1) is 7.11 Å². The highest BCUT2D eigenvalue weighted by Crippen LogP contribution is 2.30. The molecule has 0 saturated heterocycles. The average Bonchev–Trinajstić information content (AvgIpc) is 2.98. The lowest BCUT2D eigenvalue weighted by Gasteiger charge is -2.18. The van der Waals surface area contributed by atoms with Crippen molar-refractivity contribution in [3.8, 4) is 5.75 Å². The van der Waals surface area contributed by atoms with E-state index in [4.69, 9.17) is 4.74 Å². The molecule has 2 aromatic rings. The fourth-order valence-corrected chi connectivity index (χ4v) is 2.93. The molecule has 1 aliphatic heterocycles. The van der Waals surface area contributed by atoms with Gasteiger partial charge in [-0.05, 0) is 48.2 Å². The third-order valence-corrected chi connectivity index (χ3v) is 4.02. The maximum atomic E-state index is 12.8. The summed E-state index contributed by atoms with van der Waals surface area (Å²) in [5.41, 5.74) is 3.93.